The molecule has 4 atom stereocenters. The topological polar surface area (TPSA) is 105 Å². The summed E-state index contributed by atoms with van der Waals surface area (Å²) in [5.74, 6) is -0.742. The Morgan fingerprint density at radius 1 is 1.16 bits per heavy atom. The van der Waals surface area contributed by atoms with Crippen molar-refractivity contribution in [3.63, 3.8) is 0 Å². The first-order valence-electron chi connectivity index (χ1n) is 11.3. The third-order valence-corrected chi connectivity index (χ3v) is 7.01. The Kier molecular flexibility index (Phi) is 8.64. The molecule has 2 amide bonds. The largest absolute Gasteiger partial charge is 0.475 e. The van der Waals surface area contributed by atoms with E-state index in [9.17, 15) is 19.6 Å². The van der Waals surface area contributed by atoms with E-state index >= 15 is 0 Å². The molecule has 0 aliphatic carbocycles. The van der Waals surface area contributed by atoms with E-state index in [2.05, 4.69) is 10.6 Å². The zero-order valence-corrected chi connectivity index (χ0v) is 19.6. The van der Waals surface area contributed by atoms with Crippen LogP contribution in [0.25, 0.3) is 0 Å². The number of hydrogen-bond donors (Lipinski definition) is 4. The Balaban J connectivity index is 1.61. The number of rotatable bonds is 8. The lowest BCUT2D eigenvalue weighted by atomic mass is 9.78. The van der Waals surface area contributed by atoms with Gasteiger partial charge < -0.3 is 30.5 Å². The molecule has 0 bridgehead atoms. The van der Waals surface area contributed by atoms with Crippen LogP contribution >= 0.6 is 12.2 Å². The fourth-order valence-electron chi connectivity index (χ4n) is 4.66. The summed E-state index contributed by atoms with van der Waals surface area (Å²) in [7, 11) is 0.295. The number of nitrogens with one attached hydrogen (secondary N) is 2. The van der Waals surface area contributed by atoms with Crippen molar-refractivity contribution in [2.24, 2.45) is 0 Å². The molecule has 2 aliphatic rings. The molecule has 1 aromatic carbocycles. The molecule has 174 valence electrons. The van der Waals surface area contributed by atoms with Gasteiger partial charge in [-0.2, -0.15) is 0 Å². The smallest absolute Gasteiger partial charge is 0.426 e. The van der Waals surface area contributed by atoms with Crippen LogP contribution in [0.4, 0.5) is 0 Å². The first kappa shape index (κ1) is 24.6. The van der Waals surface area contributed by atoms with Crippen LogP contribution in [-0.2, 0) is 16.0 Å². The van der Waals surface area contributed by atoms with Gasteiger partial charge in [0.15, 0.2) is 0 Å². The van der Waals surface area contributed by atoms with Crippen LogP contribution in [0.5, 0.6) is 0 Å². The van der Waals surface area contributed by atoms with E-state index in [-0.39, 0.29) is 11.8 Å². The summed E-state index contributed by atoms with van der Waals surface area (Å²) < 4.78 is 0. The Hall–Kier alpha value is -2.01. The molecular formula is C22H33BN4O4S. The molecule has 3 rings (SSSR count). The maximum absolute atomic E-state index is 13.2. The van der Waals surface area contributed by atoms with Gasteiger partial charge in [-0.15, -0.1) is 0 Å². The highest BCUT2D eigenvalue weighted by Crippen LogP contribution is 2.22. The minimum absolute atomic E-state index is 0.0766. The van der Waals surface area contributed by atoms with Crippen molar-refractivity contribution in [2.45, 2.75) is 63.1 Å². The maximum Gasteiger partial charge on any atom is 0.475 e. The number of carbonyl (C=O) groups excluding carboxylic acids is 2. The van der Waals surface area contributed by atoms with Gasteiger partial charge in [-0.1, -0.05) is 42.5 Å². The SMILES string of the molecule is CN[C@@H](Cc1ccccc1)C(=O)N1CCC[C@H]1C(=O)N[C@@H](C)C(=S)N1CCC[C@H]1B(O)O. The highest BCUT2D eigenvalue weighted by atomic mass is 32.1. The summed E-state index contributed by atoms with van der Waals surface area (Å²) in [4.78, 5) is 30.3. The van der Waals surface area contributed by atoms with Crippen molar-refractivity contribution in [1.29, 1.82) is 0 Å². The minimum atomic E-state index is -1.47. The molecule has 4 N–H and O–H groups in total. The maximum atomic E-state index is 13.2. The first-order valence-corrected chi connectivity index (χ1v) is 11.7. The minimum Gasteiger partial charge on any atom is -0.426 e. The second-order valence-electron chi connectivity index (χ2n) is 8.61. The highest BCUT2D eigenvalue weighted by Gasteiger charge is 2.39. The van der Waals surface area contributed by atoms with Crippen molar-refractivity contribution in [3.05, 3.63) is 35.9 Å². The number of carbonyl (C=O) groups is 2. The fourth-order valence-corrected chi connectivity index (χ4v) is 4.95. The van der Waals surface area contributed by atoms with Gasteiger partial charge in [-0.25, -0.2) is 0 Å². The number of nitrogens with zero attached hydrogens (tertiary/aromatic N) is 2. The second-order valence-corrected chi connectivity index (χ2v) is 9.02. The van der Waals surface area contributed by atoms with Crippen LogP contribution in [0.1, 0.15) is 38.2 Å². The van der Waals surface area contributed by atoms with Gasteiger partial charge in [-0.3, -0.25) is 9.59 Å². The summed E-state index contributed by atoms with van der Waals surface area (Å²) in [6, 6.07) is 8.44. The Morgan fingerprint density at radius 2 is 1.81 bits per heavy atom. The van der Waals surface area contributed by atoms with Crippen molar-refractivity contribution in [3.8, 4) is 0 Å². The molecule has 32 heavy (non-hydrogen) atoms. The standard InChI is InChI=1S/C22H33BN4O4S/c1-15(22(32)27-13-7-11-19(27)23(30)31)25-20(28)18-10-6-12-26(18)21(29)17(24-2)14-16-8-4-3-5-9-16/h3-5,8-9,15,17-19,24,30-31H,6-7,10-14H2,1-2H3,(H,25,28)/t15-,17-,18-,19-/m0/s1. The molecule has 0 saturated carbocycles. The van der Waals surface area contributed by atoms with Gasteiger partial charge in [0.2, 0.25) is 11.8 Å². The van der Waals surface area contributed by atoms with Crippen molar-refractivity contribution in [1.82, 2.24) is 20.4 Å². The van der Waals surface area contributed by atoms with Gasteiger partial charge in [0.05, 0.1) is 18.0 Å². The summed E-state index contributed by atoms with van der Waals surface area (Å²) >= 11 is 5.54. The number of likely N-dealkylation sites (tertiary alicyclic amines) is 2. The number of likely N-dealkylation sites (N-methyl/N-ethyl adjacent to an activating group) is 1. The lowest BCUT2D eigenvalue weighted by molar-refractivity contribution is -0.140. The van der Waals surface area contributed by atoms with Crippen LogP contribution in [0.3, 0.4) is 0 Å². The second kappa shape index (κ2) is 11.2. The third kappa shape index (κ3) is 5.67. The molecule has 8 nitrogen and oxygen atoms in total. The van der Waals surface area contributed by atoms with Gasteiger partial charge in [0.1, 0.15) is 11.0 Å². The molecule has 2 saturated heterocycles. The molecular weight excluding hydrogens is 427 g/mol. The van der Waals surface area contributed by atoms with E-state index < -0.39 is 31.2 Å². The van der Waals surface area contributed by atoms with Gasteiger partial charge in [0.25, 0.3) is 0 Å². The van der Waals surface area contributed by atoms with Gasteiger partial charge >= 0.3 is 7.12 Å². The zero-order valence-electron chi connectivity index (χ0n) is 18.7. The van der Waals surface area contributed by atoms with E-state index in [0.29, 0.717) is 37.3 Å². The Labute approximate surface area is 195 Å². The summed E-state index contributed by atoms with van der Waals surface area (Å²) in [5, 5.41) is 25.3. The van der Waals surface area contributed by atoms with Gasteiger partial charge in [0, 0.05) is 13.1 Å². The van der Waals surface area contributed by atoms with Crippen LogP contribution in [-0.4, -0.2) is 88.0 Å². The van der Waals surface area contributed by atoms with Gasteiger partial charge in [-0.05, 0) is 51.6 Å². The number of thiocarbonyl (C=S) groups is 1. The van der Waals surface area contributed by atoms with Crippen molar-refractivity contribution >= 4 is 36.1 Å². The summed E-state index contributed by atoms with van der Waals surface area (Å²) in [6.07, 6.45) is 3.41. The molecule has 2 aliphatic heterocycles. The molecule has 0 aromatic heterocycles. The monoisotopic (exact) mass is 460 g/mol. The Morgan fingerprint density at radius 3 is 2.47 bits per heavy atom. The molecule has 10 heteroatoms. The molecule has 0 unspecified atom stereocenters. The Bertz CT molecular complexity index is 812. The molecule has 2 fully saturated rings. The average molecular weight is 460 g/mol. The van der Waals surface area contributed by atoms with Crippen LogP contribution in [0.2, 0.25) is 0 Å². The van der Waals surface area contributed by atoms with Crippen LogP contribution in [0.15, 0.2) is 30.3 Å². The number of benzene rings is 1. The predicted octanol–water partition coefficient (Wildman–Crippen LogP) is 0.117. The highest BCUT2D eigenvalue weighted by molar-refractivity contribution is 7.80. The fraction of sp³-hybridized carbons (Fsp3) is 0.591. The molecule has 0 spiro atoms. The number of amides is 2. The van der Waals surface area contributed by atoms with E-state index in [4.69, 9.17) is 12.2 Å². The quantitative estimate of drug-likeness (QED) is 0.323. The first-order chi connectivity index (χ1) is 15.3. The number of hydrogen-bond acceptors (Lipinski definition) is 6. The average Bonchev–Trinajstić information content (AvgIpc) is 3.47. The van der Waals surface area contributed by atoms with E-state index in [0.717, 1.165) is 18.4 Å². The lowest BCUT2D eigenvalue weighted by Gasteiger charge is -2.32. The third-order valence-electron chi connectivity index (χ3n) is 6.42. The zero-order chi connectivity index (χ0) is 23.3. The van der Waals surface area contributed by atoms with Crippen LogP contribution < -0.4 is 10.6 Å². The lowest BCUT2D eigenvalue weighted by Crippen LogP contribution is -2.56. The van der Waals surface area contributed by atoms with Crippen molar-refractivity contribution < 1.29 is 19.6 Å². The molecule has 2 heterocycles. The van der Waals surface area contributed by atoms with Crippen LogP contribution in [0, 0.1) is 0 Å². The van der Waals surface area contributed by atoms with Crippen molar-refractivity contribution in [2.75, 3.05) is 20.1 Å². The van der Waals surface area contributed by atoms with E-state index in [1.807, 2.05) is 30.3 Å². The summed E-state index contributed by atoms with van der Waals surface area (Å²) in [6.45, 7) is 2.98. The van der Waals surface area contributed by atoms with E-state index in [1.54, 1.807) is 23.8 Å². The van der Waals surface area contributed by atoms with E-state index in [1.165, 1.54) is 0 Å². The molecule has 0 radical (unpaired) electrons. The normalized spacial score (nSPS) is 22.5. The summed E-state index contributed by atoms with van der Waals surface area (Å²) in [5.41, 5.74) is 1.06. The molecule has 1 aromatic rings. The predicted molar refractivity (Wildman–Crippen MR) is 128 cm³/mol.